The minimum atomic E-state index is -0.319. The zero-order valence-corrected chi connectivity index (χ0v) is 14.8. The van der Waals surface area contributed by atoms with Crippen LogP contribution in [-0.4, -0.2) is 18.4 Å². The maximum Gasteiger partial charge on any atom is 0.261 e. The molecule has 6 heteroatoms. The van der Waals surface area contributed by atoms with Gasteiger partial charge in [-0.1, -0.05) is 18.2 Å². The summed E-state index contributed by atoms with van der Waals surface area (Å²) in [7, 11) is 0. The van der Waals surface area contributed by atoms with Crippen molar-refractivity contribution in [3.8, 4) is 0 Å². The van der Waals surface area contributed by atoms with Crippen molar-refractivity contribution in [3.63, 3.8) is 0 Å². The Morgan fingerprint density at radius 1 is 1.19 bits per heavy atom. The molecule has 0 saturated carbocycles. The number of carbonyl (C=O) groups is 2. The number of thiophene rings is 1. The molecule has 0 unspecified atom stereocenters. The largest absolute Gasteiger partial charge is 0.347 e. The van der Waals surface area contributed by atoms with Crippen LogP contribution in [0.15, 0.2) is 48.5 Å². The standard InChI is InChI=1S/C20H17FN2O2S/c21-16-6-2-7-17-15(16)11-18(26-17)20(25)22-12-13-4-1-5-14(10-13)23-9-3-8-19(23)24/h1-2,4-7,10-11H,3,8-9,12H2,(H,22,25). The molecule has 1 aliphatic rings. The molecule has 0 aliphatic carbocycles. The van der Waals surface area contributed by atoms with Gasteiger partial charge in [0.05, 0.1) is 4.88 Å². The van der Waals surface area contributed by atoms with Gasteiger partial charge in [0, 0.05) is 35.3 Å². The highest BCUT2D eigenvalue weighted by Crippen LogP contribution is 2.27. The van der Waals surface area contributed by atoms with Crippen LogP contribution in [0.1, 0.15) is 28.1 Å². The molecule has 132 valence electrons. The summed E-state index contributed by atoms with van der Waals surface area (Å²) < 4.78 is 14.5. The lowest BCUT2D eigenvalue weighted by Crippen LogP contribution is -2.24. The highest BCUT2D eigenvalue weighted by molar-refractivity contribution is 7.20. The molecule has 1 aliphatic heterocycles. The molecule has 1 aromatic heterocycles. The number of nitrogens with zero attached hydrogens (tertiary/aromatic N) is 1. The molecule has 2 amide bonds. The summed E-state index contributed by atoms with van der Waals surface area (Å²) >= 11 is 1.27. The number of nitrogens with one attached hydrogen (secondary N) is 1. The van der Waals surface area contributed by atoms with Crippen LogP contribution >= 0.6 is 11.3 Å². The Kier molecular flexibility index (Phi) is 4.42. The zero-order chi connectivity index (χ0) is 18.1. The first-order valence-corrected chi connectivity index (χ1v) is 9.29. The van der Waals surface area contributed by atoms with Gasteiger partial charge in [-0.15, -0.1) is 11.3 Å². The number of fused-ring (bicyclic) bond motifs is 1. The Labute approximate surface area is 154 Å². The summed E-state index contributed by atoms with van der Waals surface area (Å²) in [5, 5.41) is 3.34. The topological polar surface area (TPSA) is 49.4 Å². The van der Waals surface area contributed by atoms with Crippen LogP contribution in [0.2, 0.25) is 0 Å². The van der Waals surface area contributed by atoms with E-state index in [0.717, 1.165) is 28.9 Å². The fourth-order valence-electron chi connectivity index (χ4n) is 3.16. The number of hydrogen-bond acceptors (Lipinski definition) is 3. The van der Waals surface area contributed by atoms with Gasteiger partial charge < -0.3 is 10.2 Å². The van der Waals surface area contributed by atoms with Crippen LogP contribution in [-0.2, 0) is 11.3 Å². The van der Waals surface area contributed by atoms with Crippen molar-refractivity contribution >= 4 is 38.9 Å². The van der Waals surface area contributed by atoms with Crippen molar-refractivity contribution in [2.75, 3.05) is 11.4 Å². The fraction of sp³-hybridized carbons (Fsp3) is 0.200. The van der Waals surface area contributed by atoms with Gasteiger partial charge in [0.25, 0.3) is 5.91 Å². The van der Waals surface area contributed by atoms with Crippen molar-refractivity contribution in [3.05, 3.63) is 64.8 Å². The first-order chi connectivity index (χ1) is 12.6. The average Bonchev–Trinajstić information content (AvgIpc) is 3.27. The minimum absolute atomic E-state index is 0.137. The molecule has 1 saturated heterocycles. The third-order valence-corrected chi connectivity index (χ3v) is 5.58. The molecule has 0 spiro atoms. The molecule has 3 aromatic rings. The number of hydrogen-bond donors (Lipinski definition) is 1. The Bertz CT molecular complexity index is 998. The summed E-state index contributed by atoms with van der Waals surface area (Å²) in [5.74, 6) is -0.410. The van der Waals surface area contributed by atoms with E-state index in [0.29, 0.717) is 23.2 Å². The van der Waals surface area contributed by atoms with Crippen LogP contribution in [0.25, 0.3) is 10.1 Å². The van der Waals surface area contributed by atoms with Gasteiger partial charge in [-0.05, 0) is 42.3 Å². The average molecular weight is 368 g/mol. The smallest absolute Gasteiger partial charge is 0.261 e. The molecular formula is C20H17FN2O2S. The van der Waals surface area contributed by atoms with Crippen LogP contribution in [0.5, 0.6) is 0 Å². The van der Waals surface area contributed by atoms with Gasteiger partial charge in [-0.3, -0.25) is 9.59 Å². The molecule has 26 heavy (non-hydrogen) atoms. The third kappa shape index (κ3) is 3.20. The number of anilines is 1. The first-order valence-electron chi connectivity index (χ1n) is 8.47. The van der Waals surface area contributed by atoms with E-state index < -0.39 is 0 Å². The number of amides is 2. The van der Waals surface area contributed by atoms with Gasteiger partial charge in [0.2, 0.25) is 5.91 Å². The summed E-state index contributed by atoms with van der Waals surface area (Å²) in [6.07, 6.45) is 1.46. The predicted octanol–water partition coefficient (Wildman–Crippen LogP) is 4.10. The van der Waals surface area contributed by atoms with E-state index in [-0.39, 0.29) is 17.6 Å². The van der Waals surface area contributed by atoms with Crippen LogP contribution in [0.4, 0.5) is 10.1 Å². The number of halogens is 1. The number of benzene rings is 2. The predicted molar refractivity (Wildman–Crippen MR) is 101 cm³/mol. The Hall–Kier alpha value is -2.73. The number of rotatable bonds is 4. The fourth-order valence-corrected chi connectivity index (χ4v) is 4.15. The van der Waals surface area contributed by atoms with E-state index in [4.69, 9.17) is 0 Å². The molecule has 4 rings (SSSR count). The zero-order valence-electron chi connectivity index (χ0n) is 14.0. The van der Waals surface area contributed by atoms with E-state index >= 15 is 0 Å². The van der Waals surface area contributed by atoms with Gasteiger partial charge in [-0.2, -0.15) is 0 Å². The van der Waals surface area contributed by atoms with Crippen molar-refractivity contribution in [2.24, 2.45) is 0 Å². The van der Waals surface area contributed by atoms with E-state index in [9.17, 15) is 14.0 Å². The van der Waals surface area contributed by atoms with Crippen molar-refractivity contribution in [1.82, 2.24) is 5.32 Å². The Morgan fingerprint density at radius 3 is 2.81 bits per heavy atom. The minimum Gasteiger partial charge on any atom is -0.347 e. The van der Waals surface area contributed by atoms with Crippen LogP contribution < -0.4 is 10.2 Å². The van der Waals surface area contributed by atoms with Crippen molar-refractivity contribution in [2.45, 2.75) is 19.4 Å². The van der Waals surface area contributed by atoms with Crippen molar-refractivity contribution in [1.29, 1.82) is 0 Å². The normalized spacial score (nSPS) is 14.2. The Morgan fingerprint density at radius 2 is 2.04 bits per heavy atom. The van der Waals surface area contributed by atoms with E-state index in [1.54, 1.807) is 23.1 Å². The van der Waals surface area contributed by atoms with Crippen LogP contribution in [0.3, 0.4) is 0 Å². The maximum atomic E-state index is 13.8. The second-order valence-electron chi connectivity index (χ2n) is 6.26. The van der Waals surface area contributed by atoms with E-state index in [2.05, 4.69) is 5.32 Å². The monoisotopic (exact) mass is 368 g/mol. The van der Waals surface area contributed by atoms with Gasteiger partial charge in [0.15, 0.2) is 0 Å². The SMILES string of the molecule is O=C(NCc1cccc(N2CCCC2=O)c1)c1cc2c(F)cccc2s1. The second kappa shape index (κ2) is 6.88. The highest BCUT2D eigenvalue weighted by Gasteiger charge is 2.21. The quantitative estimate of drug-likeness (QED) is 0.754. The Balaban J connectivity index is 1.47. The number of carbonyl (C=O) groups excluding carboxylic acids is 2. The maximum absolute atomic E-state index is 13.8. The van der Waals surface area contributed by atoms with Gasteiger partial charge in [0.1, 0.15) is 5.82 Å². The third-order valence-electron chi connectivity index (χ3n) is 4.48. The molecule has 0 atom stereocenters. The molecular weight excluding hydrogens is 351 g/mol. The molecule has 0 radical (unpaired) electrons. The lowest BCUT2D eigenvalue weighted by atomic mass is 10.2. The molecule has 0 bridgehead atoms. The van der Waals surface area contributed by atoms with Crippen molar-refractivity contribution < 1.29 is 14.0 Å². The summed E-state index contributed by atoms with van der Waals surface area (Å²) in [4.78, 5) is 26.5. The summed E-state index contributed by atoms with van der Waals surface area (Å²) in [6, 6.07) is 14.0. The molecule has 2 heterocycles. The van der Waals surface area contributed by atoms with Crippen LogP contribution in [0, 0.1) is 5.82 Å². The van der Waals surface area contributed by atoms with Gasteiger partial charge in [-0.25, -0.2) is 4.39 Å². The molecule has 1 N–H and O–H groups in total. The highest BCUT2D eigenvalue weighted by atomic mass is 32.1. The van der Waals surface area contributed by atoms with E-state index in [1.807, 2.05) is 24.3 Å². The lowest BCUT2D eigenvalue weighted by Gasteiger charge is -2.16. The first kappa shape index (κ1) is 16.7. The molecule has 1 fully saturated rings. The van der Waals surface area contributed by atoms with E-state index in [1.165, 1.54) is 17.4 Å². The second-order valence-corrected chi connectivity index (χ2v) is 7.35. The summed E-state index contributed by atoms with van der Waals surface area (Å²) in [6.45, 7) is 1.09. The molecule has 4 nitrogen and oxygen atoms in total. The molecule has 2 aromatic carbocycles. The summed E-state index contributed by atoms with van der Waals surface area (Å²) in [5.41, 5.74) is 1.78. The van der Waals surface area contributed by atoms with Gasteiger partial charge >= 0.3 is 0 Å². The lowest BCUT2D eigenvalue weighted by molar-refractivity contribution is -0.117.